The van der Waals surface area contributed by atoms with Gasteiger partial charge in [-0.05, 0) is 42.2 Å². The Labute approximate surface area is 127 Å². The molecule has 0 radical (unpaired) electrons. The molecule has 0 aromatic heterocycles. The second kappa shape index (κ2) is 7.72. The molecule has 2 heteroatoms. The van der Waals surface area contributed by atoms with E-state index in [-0.39, 0.29) is 0 Å². The summed E-state index contributed by atoms with van der Waals surface area (Å²) in [5, 5.41) is 0. The second-order valence-corrected chi connectivity index (χ2v) is 5.12. The van der Waals surface area contributed by atoms with Gasteiger partial charge in [-0.15, -0.1) is 0 Å². The van der Waals surface area contributed by atoms with Gasteiger partial charge in [-0.2, -0.15) is 0 Å². The fourth-order valence-electron chi connectivity index (χ4n) is 2.26. The summed E-state index contributed by atoms with van der Waals surface area (Å²) in [4.78, 5) is 0. The van der Waals surface area contributed by atoms with Gasteiger partial charge < -0.3 is 9.47 Å². The van der Waals surface area contributed by atoms with Crippen LogP contribution in [-0.2, 0) is 6.42 Å². The molecule has 0 unspecified atom stereocenters. The topological polar surface area (TPSA) is 18.5 Å². The lowest BCUT2D eigenvalue weighted by molar-refractivity contribution is 0.310. The molecule has 0 fully saturated rings. The Morgan fingerprint density at radius 2 is 1.86 bits per heavy atom. The Bertz CT molecular complexity index is 576. The van der Waals surface area contributed by atoms with E-state index in [2.05, 4.69) is 38.1 Å². The predicted molar refractivity (Wildman–Crippen MR) is 88.2 cm³/mol. The molecular weight excluding hydrogens is 260 g/mol. The predicted octanol–water partition coefficient (Wildman–Crippen LogP) is 5.10. The first-order valence-corrected chi connectivity index (χ1v) is 7.68. The molecule has 0 aliphatic heterocycles. The van der Waals surface area contributed by atoms with Gasteiger partial charge in [0, 0.05) is 5.56 Å². The summed E-state index contributed by atoms with van der Waals surface area (Å²) in [6.45, 7) is 5.10. The van der Waals surface area contributed by atoms with Crippen LogP contribution in [0.5, 0.6) is 11.5 Å². The Morgan fingerprint density at radius 1 is 1.00 bits per heavy atom. The summed E-state index contributed by atoms with van der Waals surface area (Å²) in [5.41, 5.74) is 3.55. The minimum atomic E-state index is 0.765. The summed E-state index contributed by atoms with van der Waals surface area (Å²) in [6, 6.07) is 14.6. The van der Waals surface area contributed by atoms with Crippen LogP contribution in [0.4, 0.5) is 0 Å². The first-order valence-electron chi connectivity index (χ1n) is 7.68. The molecule has 21 heavy (non-hydrogen) atoms. The van der Waals surface area contributed by atoms with Crippen LogP contribution in [-0.4, -0.2) is 13.7 Å². The highest BCUT2D eigenvalue weighted by Gasteiger charge is 2.08. The quantitative estimate of drug-likeness (QED) is 0.658. The van der Waals surface area contributed by atoms with Crippen molar-refractivity contribution in [2.24, 2.45) is 0 Å². The fourth-order valence-corrected chi connectivity index (χ4v) is 2.26. The van der Waals surface area contributed by atoms with Crippen LogP contribution in [0.2, 0.25) is 0 Å². The van der Waals surface area contributed by atoms with Crippen molar-refractivity contribution >= 4 is 0 Å². The zero-order valence-corrected chi connectivity index (χ0v) is 13.2. The van der Waals surface area contributed by atoms with E-state index < -0.39 is 0 Å². The molecule has 0 heterocycles. The summed E-state index contributed by atoms with van der Waals surface area (Å²) in [6.07, 6.45) is 3.23. The largest absolute Gasteiger partial charge is 0.497 e. The van der Waals surface area contributed by atoms with Crippen molar-refractivity contribution in [3.63, 3.8) is 0 Å². The number of methoxy groups -OCH3 is 1. The van der Waals surface area contributed by atoms with E-state index in [4.69, 9.17) is 9.47 Å². The van der Waals surface area contributed by atoms with E-state index in [9.17, 15) is 0 Å². The van der Waals surface area contributed by atoms with E-state index in [0.717, 1.165) is 48.5 Å². The molecule has 0 N–H and O–H groups in total. The molecular formula is C19H24O2. The average molecular weight is 284 g/mol. The SMILES string of the molecule is CCCCOc1cc(CC)ccc1-c1cccc(OC)c1. The minimum Gasteiger partial charge on any atom is -0.497 e. The van der Waals surface area contributed by atoms with Gasteiger partial charge in [-0.1, -0.05) is 44.5 Å². The molecule has 2 aromatic carbocycles. The van der Waals surface area contributed by atoms with Crippen molar-refractivity contribution in [1.29, 1.82) is 0 Å². The lowest BCUT2D eigenvalue weighted by Gasteiger charge is -2.14. The number of benzene rings is 2. The third-order valence-electron chi connectivity index (χ3n) is 3.59. The maximum Gasteiger partial charge on any atom is 0.127 e. The molecule has 0 atom stereocenters. The summed E-state index contributed by atoms with van der Waals surface area (Å²) in [5.74, 6) is 1.84. The van der Waals surface area contributed by atoms with E-state index in [1.54, 1.807) is 7.11 Å². The summed E-state index contributed by atoms with van der Waals surface area (Å²) < 4.78 is 11.3. The Kier molecular flexibility index (Phi) is 5.68. The number of aryl methyl sites for hydroxylation is 1. The first-order chi connectivity index (χ1) is 10.3. The lowest BCUT2D eigenvalue weighted by atomic mass is 10.0. The molecule has 2 nitrogen and oxygen atoms in total. The van der Waals surface area contributed by atoms with Crippen molar-refractivity contribution < 1.29 is 9.47 Å². The van der Waals surface area contributed by atoms with Crippen LogP contribution in [0, 0.1) is 0 Å². The number of unbranched alkanes of at least 4 members (excludes halogenated alkanes) is 1. The summed E-state index contributed by atoms with van der Waals surface area (Å²) >= 11 is 0. The average Bonchev–Trinajstić information content (AvgIpc) is 2.55. The van der Waals surface area contributed by atoms with Gasteiger partial charge in [0.1, 0.15) is 11.5 Å². The van der Waals surface area contributed by atoms with E-state index in [1.807, 2.05) is 18.2 Å². The number of ether oxygens (including phenoxy) is 2. The van der Waals surface area contributed by atoms with Gasteiger partial charge in [0.05, 0.1) is 13.7 Å². The molecule has 0 spiro atoms. The van der Waals surface area contributed by atoms with Gasteiger partial charge in [0.2, 0.25) is 0 Å². The van der Waals surface area contributed by atoms with E-state index >= 15 is 0 Å². The molecule has 0 bridgehead atoms. The molecule has 0 aliphatic carbocycles. The van der Waals surface area contributed by atoms with Gasteiger partial charge in [0.15, 0.2) is 0 Å². The molecule has 0 aliphatic rings. The number of hydrogen-bond donors (Lipinski definition) is 0. The molecule has 0 saturated heterocycles. The van der Waals surface area contributed by atoms with E-state index in [1.165, 1.54) is 5.56 Å². The van der Waals surface area contributed by atoms with Crippen LogP contribution in [0.3, 0.4) is 0 Å². The lowest BCUT2D eigenvalue weighted by Crippen LogP contribution is -1.99. The highest BCUT2D eigenvalue weighted by molar-refractivity contribution is 5.72. The van der Waals surface area contributed by atoms with Crippen LogP contribution in [0.25, 0.3) is 11.1 Å². The van der Waals surface area contributed by atoms with Gasteiger partial charge in [-0.3, -0.25) is 0 Å². The molecule has 0 amide bonds. The zero-order chi connectivity index (χ0) is 15.1. The minimum absolute atomic E-state index is 0.765. The zero-order valence-electron chi connectivity index (χ0n) is 13.2. The maximum atomic E-state index is 6.01. The molecule has 0 saturated carbocycles. The van der Waals surface area contributed by atoms with Crippen molar-refractivity contribution in [1.82, 2.24) is 0 Å². The maximum absolute atomic E-state index is 6.01. The van der Waals surface area contributed by atoms with Crippen LogP contribution < -0.4 is 9.47 Å². The highest BCUT2D eigenvalue weighted by Crippen LogP contribution is 2.33. The van der Waals surface area contributed by atoms with Crippen molar-refractivity contribution in [3.8, 4) is 22.6 Å². The normalized spacial score (nSPS) is 10.4. The Balaban J connectivity index is 2.35. The monoisotopic (exact) mass is 284 g/mol. The summed E-state index contributed by atoms with van der Waals surface area (Å²) in [7, 11) is 1.69. The second-order valence-electron chi connectivity index (χ2n) is 5.12. The van der Waals surface area contributed by atoms with Crippen molar-refractivity contribution in [2.45, 2.75) is 33.1 Å². The van der Waals surface area contributed by atoms with Crippen molar-refractivity contribution in [3.05, 3.63) is 48.0 Å². The molecule has 2 aromatic rings. The highest BCUT2D eigenvalue weighted by atomic mass is 16.5. The van der Waals surface area contributed by atoms with Crippen LogP contribution >= 0.6 is 0 Å². The fraction of sp³-hybridized carbons (Fsp3) is 0.368. The Hall–Kier alpha value is -1.96. The van der Waals surface area contributed by atoms with Gasteiger partial charge in [0.25, 0.3) is 0 Å². The van der Waals surface area contributed by atoms with Gasteiger partial charge >= 0.3 is 0 Å². The van der Waals surface area contributed by atoms with Crippen LogP contribution in [0.15, 0.2) is 42.5 Å². The van der Waals surface area contributed by atoms with Crippen molar-refractivity contribution in [2.75, 3.05) is 13.7 Å². The molecule has 112 valence electrons. The third-order valence-corrected chi connectivity index (χ3v) is 3.59. The number of rotatable bonds is 7. The molecule has 2 rings (SSSR count). The third kappa shape index (κ3) is 4.01. The Morgan fingerprint density at radius 3 is 2.57 bits per heavy atom. The standard InChI is InChI=1S/C19H24O2/c1-4-6-12-21-19-13-15(5-2)10-11-18(19)16-8-7-9-17(14-16)20-3/h7-11,13-14H,4-6,12H2,1-3H3. The smallest absolute Gasteiger partial charge is 0.127 e. The van der Waals surface area contributed by atoms with E-state index in [0.29, 0.717) is 0 Å². The van der Waals surface area contributed by atoms with Crippen LogP contribution in [0.1, 0.15) is 32.3 Å². The number of hydrogen-bond acceptors (Lipinski definition) is 2. The first kappa shape index (κ1) is 15.4. The van der Waals surface area contributed by atoms with Gasteiger partial charge in [-0.25, -0.2) is 0 Å².